The van der Waals surface area contributed by atoms with E-state index >= 15 is 0 Å². The van der Waals surface area contributed by atoms with Crippen molar-refractivity contribution in [3.8, 4) is 0 Å². The van der Waals surface area contributed by atoms with Crippen LogP contribution in [0.2, 0.25) is 0 Å². The van der Waals surface area contributed by atoms with Gasteiger partial charge in [0.15, 0.2) is 11.6 Å². The van der Waals surface area contributed by atoms with Gasteiger partial charge in [0.1, 0.15) is 6.04 Å². The summed E-state index contributed by atoms with van der Waals surface area (Å²) in [6.07, 6.45) is 4.20. The first-order chi connectivity index (χ1) is 15.2. The number of esters is 1. The maximum absolute atomic E-state index is 12.8. The molecule has 2 aromatic heterocycles. The van der Waals surface area contributed by atoms with Crippen molar-refractivity contribution in [2.75, 3.05) is 26.2 Å². The van der Waals surface area contributed by atoms with Crippen LogP contribution in [0.25, 0.3) is 0 Å². The highest BCUT2D eigenvalue weighted by molar-refractivity contribution is 5.76. The summed E-state index contributed by atoms with van der Waals surface area (Å²) in [7, 11) is 0. The van der Waals surface area contributed by atoms with Crippen LogP contribution < -0.4 is 0 Å². The Morgan fingerprint density at radius 3 is 2.13 bits per heavy atom. The van der Waals surface area contributed by atoms with Crippen LogP contribution in [0.1, 0.15) is 58.1 Å². The normalized spacial score (nSPS) is 17.8. The Bertz CT molecular complexity index is 807. The maximum atomic E-state index is 12.8. The number of carbonyl (C=O) groups is 1. The van der Waals surface area contributed by atoms with Crippen LogP contribution in [-0.2, 0) is 35.7 Å². The molecule has 31 heavy (non-hydrogen) atoms. The van der Waals surface area contributed by atoms with Gasteiger partial charge in [0, 0.05) is 32.7 Å². The molecule has 0 aliphatic carbocycles. The lowest BCUT2D eigenvalue weighted by molar-refractivity contribution is -0.152. The molecule has 1 saturated heterocycles. The van der Waals surface area contributed by atoms with Crippen molar-refractivity contribution in [2.24, 2.45) is 0 Å². The SMILES string of the molecule is CCCCn1nnnc1CN1CCN(Cc2nnnn2CCCC)[C@H](C(=O)OCC)C1. The summed E-state index contributed by atoms with van der Waals surface area (Å²) >= 11 is 0. The summed E-state index contributed by atoms with van der Waals surface area (Å²) in [6, 6.07) is -0.384. The Kier molecular flexibility index (Phi) is 8.83. The molecule has 3 heterocycles. The fourth-order valence-corrected chi connectivity index (χ4v) is 3.69. The predicted octanol–water partition coefficient (Wildman–Crippen LogP) is 0.509. The minimum Gasteiger partial charge on any atom is -0.465 e. The van der Waals surface area contributed by atoms with Gasteiger partial charge in [-0.05, 0) is 40.6 Å². The number of aromatic nitrogens is 8. The molecule has 1 aliphatic heterocycles. The largest absolute Gasteiger partial charge is 0.465 e. The van der Waals surface area contributed by atoms with Crippen molar-refractivity contribution in [3.63, 3.8) is 0 Å². The van der Waals surface area contributed by atoms with E-state index in [4.69, 9.17) is 4.74 Å². The van der Waals surface area contributed by atoms with Crippen molar-refractivity contribution >= 4 is 5.97 Å². The Morgan fingerprint density at radius 2 is 1.55 bits per heavy atom. The molecular formula is C19H34N10O2. The second-order valence-corrected chi connectivity index (χ2v) is 7.82. The van der Waals surface area contributed by atoms with Crippen LogP contribution in [0.4, 0.5) is 0 Å². The van der Waals surface area contributed by atoms with Crippen LogP contribution in [-0.4, -0.2) is 88.5 Å². The molecule has 0 amide bonds. The molecule has 0 aromatic carbocycles. The van der Waals surface area contributed by atoms with E-state index in [-0.39, 0.29) is 12.0 Å². The smallest absolute Gasteiger partial charge is 0.324 e. The number of carbonyl (C=O) groups excluding carboxylic acids is 1. The minimum absolute atomic E-state index is 0.217. The lowest BCUT2D eigenvalue weighted by atomic mass is 10.1. The van der Waals surface area contributed by atoms with Crippen molar-refractivity contribution in [3.05, 3.63) is 11.6 Å². The van der Waals surface area contributed by atoms with E-state index in [0.29, 0.717) is 32.8 Å². The summed E-state index contributed by atoms with van der Waals surface area (Å²) in [6.45, 7) is 11.2. The van der Waals surface area contributed by atoms with Crippen LogP contribution in [0.3, 0.4) is 0 Å². The van der Waals surface area contributed by atoms with E-state index in [1.807, 2.05) is 16.3 Å². The summed E-state index contributed by atoms with van der Waals surface area (Å²) < 4.78 is 9.07. The molecule has 1 fully saturated rings. The van der Waals surface area contributed by atoms with Crippen LogP contribution in [0, 0.1) is 0 Å². The molecule has 2 aromatic rings. The molecule has 0 radical (unpaired) electrons. The fourth-order valence-electron chi connectivity index (χ4n) is 3.69. The second-order valence-electron chi connectivity index (χ2n) is 7.82. The number of rotatable bonds is 12. The third-order valence-electron chi connectivity index (χ3n) is 5.50. The quantitative estimate of drug-likeness (QED) is 0.437. The highest BCUT2D eigenvalue weighted by Crippen LogP contribution is 2.16. The molecule has 3 rings (SSSR count). The number of piperazine rings is 1. The highest BCUT2D eigenvalue weighted by atomic mass is 16.5. The van der Waals surface area contributed by atoms with Gasteiger partial charge in [-0.1, -0.05) is 26.7 Å². The maximum Gasteiger partial charge on any atom is 0.324 e. The summed E-state index contributed by atoms with van der Waals surface area (Å²) in [5.41, 5.74) is 0. The summed E-state index contributed by atoms with van der Waals surface area (Å²) in [5, 5.41) is 24.2. The molecule has 0 N–H and O–H groups in total. The van der Waals surface area contributed by atoms with Gasteiger partial charge in [0.2, 0.25) is 0 Å². The topological polar surface area (TPSA) is 120 Å². The zero-order valence-corrected chi connectivity index (χ0v) is 18.9. The first kappa shape index (κ1) is 23.2. The van der Waals surface area contributed by atoms with Crippen molar-refractivity contribution in [1.82, 2.24) is 50.2 Å². The van der Waals surface area contributed by atoms with E-state index < -0.39 is 0 Å². The lowest BCUT2D eigenvalue weighted by Crippen LogP contribution is -2.56. The monoisotopic (exact) mass is 434 g/mol. The van der Waals surface area contributed by atoms with Gasteiger partial charge in [-0.25, -0.2) is 9.36 Å². The van der Waals surface area contributed by atoms with Gasteiger partial charge in [-0.3, -0.25) is 14.6 Å². The Labute approximate surface area is 182 Å². The second kappa shape index (κ2) is 11.8. The summed E-state index contributed by atoms with van der Waals surface area (Å²) in [5.74, 6) is 1.39. The minimum atomic E-state index is -0.384. The standard InChI is InChI=1S/C19H34N10O2/c1-4-7-9-28-17(20-22-24-28)14-26-11-12-27(16(13-26)19(30)31-6-3)15-18-21-23-25-29(18)10-8-5-2/h16H,4-15H2,1-3H3/t16-/m0/s1. The first-order valence-corrected chi connectivity index (χ1v) is 11.3. The molecular weight excluding hydrogens is 400 g/mol. The lowest BCUT2D eigenvalue weighted by Gasteiger charge is -2.39. The van der Waals surface area contributed by atoms with Crippen LogP contribution >= 0.6 is 0 Å². The average molecular weight is 435 g/mol. The molecule has 172 valence electrons. The molecule has 0 unspecified atom stereocenters. The fraction of sp³-hybridized carbons (Fsp3) is 0.842. The molecule has 0 bridgehead atoms. The third kappa shape index (κ3) is 6.26. The number of unbranched alkanes of at least 4 members (excludes halogenated alkanes) is 2. The Morgan fingerprint density at radius 1 is 0.935 bits per heavy atom. The Balaban J connectivity index is 1.67. The van der Waals surface area contributed by atoms with E-state index in [0.717, 1.165) is 57.0 Å². The number of nitrogens with zero attached hydrogens (tertiary/aromatic N) is 10. The molecule has 1 aliphatic rings. The zero-order valence-electron chi connectivity index (χ0n) is 18.9. The Hall–Kier alpha value is -2.47. The van der Waals surface area contributed by atoms with Gasteiger partial charge >= 0.3 is 5.97 Å². The van der Waals surface area contributed by atoms with E-state index in [9.17, 15) is 4.79 Å². The number of ether oxygens (including phenoxy) is 1. The number of aryl methyl sites for hydroxylation is 2. The zero-order chi connectivity index (χ0) is 22.1. The van der Waals surface area contributed by atoms with E-state index in [1.54, 1.807) is 0 Å². The first-order valence-electron chi connectivity index (χ1n) is 11.3. The van der Waals surface area contributed by atoms with Crippen molar-refractivity contribution < 1.29 is 9.53 Å². The van der Waals surface area contributed by atoms with Crippen molar-refractivity contribution in [1.29, 1.82) is 0 Å². The number of hydrogen-bond acceptors (Lipinski definition) is 10. The van der Waals surface area contributed by atoms with Gasteiger partial charge in [0.05, 0.1) is 19.7 Å². The molecule has 0 saturated carbocycles. The van der Waals surface area contributed by atoms with Gasteiger partial charge in [-0.2, -0.15) is 0 Å². The van der Waals surface area contributed by atoms with Crippen LogP contribution in [0.5, 0.6) is 0 Å². The van der Waals surface area contributed by atoms with Crippen LogP contribution in [0.15, 0.2) is 0 Å². The molecule has 1 atom stereocenters. The molecule has 12 nitrogen and oxygen atoms in total. The molecule has 12 heteroatoms. The van der Waals surface area contributed by atoms with Crippen molar-refractivity contribution in [2.45, 2.75) is 78.7 Å². The average Bonchev–Trinajstić information content (AvgIpc) is 3.41. The third-order valence-corrected chi connectivity index (χ3v) is 5.50. The van der Waals surface area contributed by atoms with Gasteiger partial charge < -0.3 is 4.74 Å². The molecule has 0 spiro atoms. The predicted molar refractivity (Wildman–Crippen MR) is 112 cm³/mol. The van der Waals surface area contributed by atoms with Gasteiger partial charge in [0.25, 0.3) is 0 Å². The van der Waals surface area contributed by atoms with E-state index in [1.165, 1.54) is 0 Å². The van der Waals surface area contributed by atoms with Gasteiger partial charge in [-0.15, -0.1) is 10.2 Å². The summed E-state index contributed by atoms with van der Waals surface area (Å²) in [4.78, 5) is 17.1. The number of tetrazole rings is 2. The highest BCUT2D eigenvalue weighted by Gasteiger charge is 2.35. The van der Waals surface area contributed by atoms with E-state index in [2.05, 4.69) is 54.7 Å². The number of hydrogen-bond donors (Lipinski definition) is 0.